The van der Waals surface area contributed by atoms with E-state index in [1.165, 1.54) is 0 Å². The van der Waals surface area contributed by atoms with E-state index in [1.807, 2.05) is 30.7 Å². The molecule has 22 heavy (non-hydrogen) atoms. The van der Waals surface area contributed by atoms with Crippen LogP contribution in [0.5, 0.6) is 0 Å². The van der Waals surface area contributed by atoms with Crippen molar-refractivity contribution in [3.05, 3.63) is 52.2 Å². The topological polar surface area (TPSA) is 58.2 Å². The Bertz CT molecular complexity index is 638. The van der Waals surface area contributed by atoms with Gasteiger partial charge in [0.1, 0.15) is 0 Å². The first kappa shape index (κ1) is 16.2. The molecule has 0 unspecified atom stereocenters. The maximum absolute atomic E-state index is 12.3. The van der Waals surface area contributed by atoms with Gasteiger partial charge in [0.05, 0.1) is 17.7 Å². The van der Waals surface area contributed by atoms with E-state index in [2.05, 4.69) is 10.6 Å². The molecule has 0 saturated heterocycles. The van der Waals surface area contributed by atoms with Crippen molar-refractivity contribution in [3.63, 3.8) is 0 Å². The number of carbonyl (C=O) groups excluding carboxylic acids is 2. The third kappa shape index (κ3) is 4.43. The molecule has 0 fully saturated rings. The van der Waals surface area contributed by atoms with E-state index in [9.17, 15) is 9.59 Å². The quantitative estimate of drug-likeness (QED) is 0.857. The van der Waals surface area contributed by atoms with Crippen molar-refractivity contribution in [3.8, 4) is 0 Å². The number of amides is 2. The number of benzene rings is 1. The summed E-state index contributed by atoms with van der Waals surface area (Å²) in [5, 5.41) is 9.63. The highest BCUT2D eigenvalue weighted by Crippen LogP contribution is 2.16. The highest BCUT2D eigenvalue weighted by Gasteiger charge is 2.14. The molecule has 116 valence electrons. The molecule has 1 atom stereocenters. The fraction of sp³-hybridized carbons (Fsp3) is 0.294. The second-order valence-electron chi connectivity index (χ2n) is 5.18. The van der Waals surface area contributed by atoms with Crippen LogP contribution in [-0.2, 0) is 11.2 Å². The second-order valence-corrected chi connectivity index (χ2v) is 5.96. The SMILES string of the molecule is CC[C@@H](C)NC(=O)c1ccccc1NC(=O)Cc1ccsc1. The fourth-order valence-corrected chi connectivity index (χ4v) is 2.64. The summed E-state index contributed by atoms with van der Waals surface area (Å²) in [5.74, 6) is -0.289. The summed E-state index contributed by atoms with van der Waals surface area (Å²) in [6.07, 6.45) is 1.17. The van der Waals surface area contributed by atoms with Gasteiger partial charge in [-0.2, -0.15) is 11.3 Å². The molecule has 1 aromatic carbocycles. The van der Waals surface area contributed by atoms with Gasteiger partial charge >= 0.3 is 0 Å². The van der Waals surface area contributed by atoms with Gasteiger partial charge in [0.15, 0.2) is 0 Å². The molecule has 5 heteroatoms. The van der Waals surface area contributed by atoms with Crippen molar-refractivity contribution < 1.29 is 9.59 Å². The van der Waals surface area contributed by atoms with Gasteiger partial charge in [-0.1, -0.05) is 19.1 Å². The molecule has 0 radical (unpaired) electrons. The predicted molar refractivity (Wildman–Crippen MR) is 90.3 cm³/mol. The maximum atomic E-state index is 12.3. The van der Waals surface area contributed by atoms with E-state index < -0.39 is 0 Å². The molecule has 0 bridgehead atoms. The van der Waals surface area contributed by atoms with Crippen molar-refractivity contribution in [1.29, 1.82) is 0 Å². The van der Waals surface area contributed by atoms with Gasteiger partial charge in [-0.3, -0.25) is 9.59 Å². The Kier molecular flexibility index (Phi) is 5.72. The molecule has 2 amide bonds. The molecule has 1 heterocycles. The van der Waals surface area contributed by atoms with Gasteiger partial charge in [-0.25, -0.2) is 0 Å². The Morgan fingerprint density at radius 2 is 2.00 bits per heavy atom. The van der Waals surface area contributed by atoms with Crippen molar-refractivity contribution in [2.45, 2.75) is 32.7 Å². The van der Waals surface area contributed by atoms with Gasteiger partial charge in [0, 0.05) is 6.04 Å². The van der Waals surface area contributed by atoms with Crippen LogP contribution >= 0.6 is 11.3 Å². The molecule has 2 aromatic rings. The zero-order valence-electron chi connectivity index (χ0n) is 12.8. The molecule has 2 rings (SSSR count). The predicted octanol–water partition coefficient (Wildman–Crippen LogP) is 3.46. The summed E-state index contributed by atoms with van der Waals surface area (Å²) >= 11 is 1.56. The summed E-state index contributed by atoms with van der Waals surface area (Å²) in [7, 11) is 0. The van der Waals surface area contributed by atoms with E-state index in [0.717, 1.165) is 12.0 Å². The zero-order valence-corrected chi connectivity index (χ0v) is 13.6. The first-order chi connectivity index (χ1) is 10.6. The van der Waals surface area contributed by atoms with Crippen LogP contribution in [0.15, 0.2) is 41.1 Å². The Hall–Kier alpha value is -2.14. The maximum Gasteiger partial charge on any atom is 0.253 e. The number of carbonyl (C=O) groups is 2. The lowest BCUT2D eigenvalue weighted by Gasteiger charge is -2.14. The van der Waals surface area contributed by atoms with E-state index >= 15 is 0 Å². The lowest BCUT2D eigenvalue weighted by molar-refractivity contribution is -0.115. The third-order valence-corrected chi connectivity index (χ3v) is 4.11. The number of para-hydroxylation sites is 1. The zero-order chi connectivity index (χ0) is 15.9. The number of rotatable bonds is 6. The Labute approximate surface area is 134 Å². The average Bonchev–Trinajstić information content (AvgIpc) is 3.00. The molecule has 1 aromatic heterocycles. The van der Waals surface area contributed by atoms with Crippen LogP contribution in [0.3, 0.4) is 0 Å². The second kappa shape index (κ2) is 7.75. The number of anilines is 1. The highest BCUT2D eigenvalue weighted by molar-refractivity contribution is 7.08. The van der Waals surface area contributed by atoms with E-state index in [0.29, 0.717) is 17.7 Å². The largest absolute Gasteiger partial charge is 0.350 e. The van der Waals surface area contributed by atoms with E-state index in [1.54, 1.807) is 35.6 Å². The van der Waals surface area contributed by atoms with Crippen LogP contribution in [0.25, 0.3) is 0 Å². The molecule has 0 aliphatic rings. The number of hydrogen-bond acceptors (Lipinski definition) is 3. The standard InChI is InChI=1S/C17H20N2O2S/c1-3-12(2)18-17(21)14-6-4-5-7-15(14)19-16(20)10-13-8-9-22-11-13/h4-9,11-12H,3,10H2,1-2H3,(H,18,21)(H,19,20)/t12-/m1/s1. The molecule has 0 aliphatic heterocycles. The van der Waals surface area contributed by atoms with Gasteiger partial charge in [0.2, 0.25) is 5.91 Å². The Morgan fingerprint density at radius 1 is 1.23 bits per heavy atom. The van der Waals surface area contributed by atoms with Crippen LogP contribution in [0.2, 0.25) is 0 Å². The summed E-state index contributed by atoms with van der Waals surface area (Å²) < 4.78 is 0. The normalized spacial score (nSPS) is 11.7. The Balaban J connectivity index is 2.07. The van der Waals surface area contributed by atoms with Gasteiger partial charge in [0.25, 0.3) is 5.91 Å². The van der Waals surface area contributed by atoms with Crippen molar-refractivity contribution in [2.24, 2.45) is 0 Å². The average molecular weight is 316 g/mol. The minimum absolute atomic E-state index is 0.0991. The Morgan fingerprint density at radius 3 is 2.68 bits per heavy atom. The van der Waals surface area contributed by atoms with Gasteiger partial charge < -0.3 is 10.6 Å². The first-order valence-corrected chi connectivity index (χ1v) is 8.25. The van der Waals surface area contributed by atoms with Crippen molar-refractivity contribution in [2.75, 3.05) is 5.32 Å². The van der Waals surface area contributed by atoms with Crippen molar-refractivity contribution in [1.82, 2.24) is 5.32 Å². The molecule has 4 nitrogen and oxygen atoms in total. The van der Waals surface area contributed by atoms with Crippen LogP contribution in [-0.4, -0.2) is 17.9 Å². The number of thiophene rings is 1. The first-order valence-electron chi connectivity index (χ1n) is 7.31. The van der Waals surface area contributed by atoms with E-state index in [-0.39, 0.29) is 17.9 Å². The third-order valence-electron chi connectivity index (χ3n) is 3.38. The molecule has 0 aliphatic carbocycles. The molecular formula is C17H20N2O2S. The molecule has 0 saturated carbocycles. The van der Waals surface area contributed by atoms with Gasteiger partial charge in [-0.05, 0) is 47.9 Å². The van der Waals surface area contributed by atoms with Crippen LogP contribution in [0.1, 0.15) is 36.2 Å². The minimum Gasteiger partial charge on any atom is -0.350 e. The monoisotopic (exact) mass is 316 g/mol. The van der Waals surface area contributed by atoms with Crippen LogP contribution in [0, 0.1) is 0 Å². The highest BCUT2D eigenvalue weighted by atomic mass is 32.1. The summed E-state index contributed by atoms with van der Waals surface area (Å²) in [4.78, 5) is 24.4. The minimum atomic E-state index is -0.166. The lowest BCUT2D eigenvalue weighted by atomic mass is 10.1. The summed E-state index contributed by atoms with van der Waals surface area (Å²) in [6, 6.07) is 9.09. The van der Waals surface area contributed by atoms with E-state index in [4.69, 9.17) is 0 Å². The molecule has 0 spiro atoms. The van der Waals surface area contributed by atoms with Crippen LogP contribution in [0.4, 0.5) is 5.69 Å². The van der Waals surface area contributed by atoms with Gasteiger partial charge in [-0.15, -0.1) is 0 Å². The number of hydrogen-bond donors (Lipinski definition) is 2. The fourth-order valence-electron chi connectivity index (χ4n) is 1.97. The molecule has 2 N–H and O–H groups in total. The summed E-state index contributed by atoms with van der Waals surface area (Å²) in [5.41, 5.74) is 2.01. The molecular weight excluding hydrogens is 296 g/mol. The van der Waals surface area contributed by atoms with Crippen molar-refractivity contribution >= 4 is 28.8 Å². The summed E-state index contributed by atoms with van der Waals surface area (Å²) in [6.45, 7) is 3.97. The lowest BCUT2D eigenvalue weighted by Crippen LogP contribution is -2.32. The smallest absolute Gasteiger partial charge is 0.253 e. The van der Waals surface area contributed by atoms with Crippen LogP contribution < -0.4 is 10.6 Å². The number of nitrogens with one attached hydrogen (secondary N) is 2.